The summed E-state index contributed by atoms with van der Waals surface area (Å²) in [4.78, 5) is 26.0. The fourth-order valence-electron chi connectivity index (χ4n) is 8.75. The SMILES string of the molecule is CCC[C@@H](C)[C@H]1C(O)C[C@H]2[C@@H]3C(=O)CC4CCCC[C@]4(C(=O)O)[C@H]3CC[C@]12C. The van der Waals surface area contributed by atoms with E-state index in [0.717, 1.165) is 51.4 Å². The second-order valence-corrected chi connectivity index (χ2v) is 10.8. The fourth-order valence-corrected chi connectivity index (χ4v) is 8.75. The van der Waals surface area contributed by atoms with E-state index in [9.17, 15) is 19.8 Å². The van der Waals surface area contributed by atoms with Gasteiger partial charge < -0.3 is 10.2 Å². The van der Waals surface area contributed by atoms with Crippen molar-refractivity contribution in [2.45, 2.75) is 91.1 Å². The Hall–Kier alpha value is -0.900. The number of aliphatic hydroxyl groups is 1. The summed E-state index contributed by atoms with van der Waals surface area (Å²) < 4.78 is 0. The number of fused-ring (bicyclic) bond motifs is 5. The van der Waals surface area contributed by atoms with Crippen LogP contribution in [-0.4, -0.2) is 28.1 Å². The lowest BCUT2D eigenvalue weighted by Gasteiger charge is -2.59. The highest BCUT2D eigenvalue weighted by Crippen LogP contribution is 2.67. The van der Waals surface area contributed by atoms with Crippen LogP contribution in [0.2, 0.25) is 0 Å². The number of Topliss-reactive ketones (excluding diaryl/α,β-unsaturated/α-hetero) is 1. The van der Waals surface area contributed by atoms with Crippen molar-refractivity contribution in [1.82, 2.24) is 0 Å². The maximum Gasteiger partial charge on any atom is 0.310 e. The van der Waals surface area contributed by atoms with Crippen molar-refractivity contribution in [3.63, 3.8) is 0 Å². The summed E-state index contributed by atoms with van der Waals surface area (Å²) in [5.41, 5.74) is -0.734. The van der Waals surface area contributed by atoms with E-state index in [4.69, 9.17) is 0 Å². The van der Waals surface area contributed by atoms with Crippen molar-refractivity contribution in [3.05, 3.63) is 0 Å². The molecular weight excluding hydrogens is 352 g/mol. The highest BCUT2D eigenvalue weighted by molar-refractivity contribution is 5.87. The van der Waals surface area contributed by atoms with Crippen molar-refractivity contribution in [2.75, 3.05) is 0 Å². The first-order valence-corrected chi connectivity index (χ1v) is 11.7. The van der Waals surface area contributed by atoms with Gasteiger partial charge in [0.25, 0.3) is 0 Å². The molecule has 4 aliphatic carbocycles. The Labute approximate surface area is 169 Å². The van der Waals surface area contributed by atoms with Crippen molar-refractivity contribution >= 4 is 11.8 Å². The summed E-state index contributed by atoms with van der Waals surface area (Å²) >= 11 is 0. The summed E-state index contributed by atoms with van der Waals surface area (Å²) in [6, 6.07) is 0. The molecule has 0 bridgehead atoms. The van der Waals surface area contributed by atoms with E-state index in [1.165, 1.54) is 0 Å². The van der Waals surface area contributed by atoms with Crippen LogP contribution in [0, 0.1) is 46.3 Å². The lowest BCUT2D eigenvalue weighted by molar-refractivity contribution is -0.182. The third kappa shape index (κ3) is 2.66. The van der Waals surface area contributed by atoms with Crippen molar-refractivity contribution < 1.29 is 19.8 Å². The highest BCUT2D eigenvalue weighted by Gasteiger charge is 2.67. The monoisotopic (exact) mass is 390 g/mol. The van der Waals surface area contributed by atoms with Crippen LogP contribution in [0.5, 0.6) is 0 Å². The Morgan fingerprint density at radius 1 is 1.21 bits per heavy atom. The summed E-state index contributed by atoms with van der Waals surface area (Å²) in [5.74, 6) is 0.325. The van der Waals surface area contributed by atoms with Crippen LogP contribution >= 0.6 is 0 Å². The smallest absolute Gasteiger partial charge is 0.310 e. The standard InChI is InChI=1S/C24H38O4/c1-4-7-14(2)21-19(26)13-17-20-16(9-11-23(17,21)3)24(22(27)28)10-6-5-8-15(24)12-18(20)25/h14-17,19-21,26H,4-13H2,1-3H3,(H,27,28)/t14-,15?,16+,17+,19?,20-,21+,23+,24-/m1/s1. The van der Waals surface area contributed by atoms with Gasteiger partial charge in [-0.1, -0.05) is 46.5 Å². The largest absolute Gasteiger partial charge is 0.481 e. The molecule has 0 aliphatic heterocycles. The number of aliphatic hydroxyl groups excluding tert-OH is 1. The van der Waals surface area contributed by atoms with Gasteiger partial charge in [-0.3, -0.25) is 9.59 Å². The quantitative estimate of drug-likeness (QED) is 0.730. The fraction of sp³-hybridized carbons (Fsp3) is 0.917. The van der Waals surface area contributed by atoms with E-state index in [1.807, 2.05) is 0 Å². The summed E-state index contributed by atoms with van der Waals surface area (Å²) in [5, 5.41) is 21.4. The van der Waals surface area contributed by atoms with E-state index in [2.05, 4.69) is 20.8 Å². The second kappa shape index (κ2) is 7.11. The zero-order valence-corrected chi connectivity index (χ0v) is 17.8. The topological polar surface area (TPSA) is 74.6 Å². The first-order chi connectivity index (χ1) is 13.3. The second-order valence-electron chi connectivity index (χ2n) is 10.8. The third-order valence-corrected chi connectivity index (χ3v) is 9.74. The van der Waals surface area contributed by atoms with Gasteiger partial charge in [0.05, 0.1) is 11.5 Å². The molecule has 2 N–H and O–H groups in total. The molecule has 0 saturated heterocycles. The number of hydrogen-bond acceptors (Lipinski definition) is 3. The van der Waals surface area contributed by atoms with E-state index < -0.39 is 11.4 Å². The minimum Gasteiger partial charge on any atom is -0.481 e. The molecule has 9 atom stereocenters. The minimum atomic E-state index is -0.698. The van der Waals surface area contributed by atoms with Crippen LogP contribution in [0.25, 0.3) is 0 Å². The molecule has 0 radical (unpaired) electrons. The number of carbonyl (C=O) groups is 2. The molecule has 4 fully saturated rings. The summed E-state index contributed by atoms with van der Waals surface area (Å²) in [6.45, 7) is 6.75. The van der Waals surface area contributed by atoms with Crippen LogP contribution in [0.3, 0.4) is 0 Å². The molecule has 4 nitrogen and oxygen atoms in total. The van der Waals surface area contributed by atoms with E-state index >= 15 is 0 Å². The van der Waals surface area contributed by atoms with Gasteiger partial charge in [0.1, 0.15) is 5.78 Å². The maximum absolute atomic E-state index is 13.4. The van der Waals surface area contributed by atoms with Gasteiger partial charge >= 0.3 is 5.97 Å². The van der Waals surface area contributed by atoms with Gasteiger partial charge in [0, 0.05) is 12.3 Å². The summed E-state index contributed by atoms with van der Waals surface area (Å²) in [7, 11) is 0. The number of carboxylic acid groups (broad SMARTS) is 1. The lowest BCUT2D eigenvalue weighted by Crippen LogP contribution is -2.60. The molecule has 0 spiro atoms. The summed E-state index contributed by atoms with van der Waals surface area (Å²) in [6.07, 6.45) is 8.46. The van der Waals surface area contributed by atoms with Crippen LogP contribution in [0.1, 0.15) is 85.0 Å². The van der Waals surface area contributed by atoms with Gasteiger partial charge in [-0.05, 0) is 67.1 Å². The number of ketones is 1. The highest BCUT2D eigenvalue weighted by atomic mass is 16.4. The predicted octanol–water partition coefficient (Wildman–Crippen LogP) is 4.69. The van der Waals surface area contributed by atoms with Gasteiger partial charge in [-0.2, -0.15) is 0 Å². The minimum absolute atomic E-state index is 0.0259. The number of carbonyl (C=O) groups excluding carboxylic acids is 1. The first kappa shape index (κ1) is 20.4. The number of hydrogen-bond donors (Lipinski definition) is 2. The Kier molecular flexibility index (Phi) is 5.17. The third-order valence-electron chi connectivity index (χ3n) is 9.74. The Balaban J connectivity index is 1.71. The molecule has 0 heterocycles. The molecule has 4 heteroatoms. The molecular formula is C24H38O4. The van der Waals surface area contributed by atoms with Gasteiger partial charge in [-0.15, -0.1) is 0 Å². The molecule has 4 saturated carbocycles. The number of carboxylic acids is 1. The molecule has 0 aromatic heterocycles. The van der Waals surface area contributed by atoms with Crippen LogP contribution < -0.4 is 0 Å². The van der Waals surface area contributed by atoms with Crippen LogP contribution in [-0.2, 0) is 9.59 Å². The van der Waals surface area contributed by atoms with Crippen molar-refractivity contribution in [3.8, 4) is 0 Å². The van der Waals surface area contributed by atoms with E-state index in [0.29, 0.717) is 24.5 Å². The zero-order chi connectivity index (χ0) is 20.3. The lowest BCUT2D eigenvalue weighted by atomic mass is 9.43. The number of aliphatic carboxylic acids is 1. The van der Waals surface area contributed by atoms with Gasteiger partial charge in [-0.25, -0.2) is 0 Å². The first-order valence-electron chi connectivity index (χ1n) is 11.7. The van der Waals surface area contributed by atoms with Crippen LogP contribution in [0.4, 0.5) is 0 Å². The molecule has 0 amide bonds. The Morgan fingerprint density at radius 3 is 2.64 bits per heavy atom. The Bertz CT molecular complexity index is 645. The molecule has 158 valence electrons. The molecule has 0 aromatic carbocycles. The average molecular weight is 391 g/mol. The van der Waals surface area contributed by atoms with Crippen LogP contribution in [0.15, 0.2) is 0 Å². The molecule has 0 aromatic rings. The Morgan fingerprint density at radius 2 is 1.96 bits per heavy atom. The van der Waals surface area contributed by atoms with Crippen molar-refractivity contribution in [2.24, 2.45) is 46.3 Å². The van der Waals surface area contributed by atoms with E-state index in [-0.39, 0.29) is 41.1 Å². The molecule has 2 unspecified atom stereocenters. The maximum atomic E-state index is 13.4. The average Bonchev–Trinajstić information content (AvgIpc) is 2.91. The molecule has 28 heavy (non-hydrogen) atoms. The van der Waals surface area contributed by atoms with Gasteiger partial charge in [0.15, 0.2) is 0 Å². The molecule has 4 aliphatic rings. The van der Waals surface area contributed by atoms with Gasteiger partial charge in [0.2, 0.25) is 0 Å². The number of rotatable bonds is 4. The van der Waals surface area contributed by atoms with E-state index in [1.54, 1.807) is 0 Å². The normalized spacial score (nSPS) is 49.1. The van der Waals surface area contributed by atoms with Crippen molar-refractivity contribution in [1.29, 1.82) is 0 Å². The predicted molar refractivity (Wildman–Crippen MR) is 108 cm³/mol. The molecule has 4 rings (SSSR count). The zero-order valence-electron chi connectivity index (χ0n) is 17.8.